The van der Waals surface area contributed by atoms with Crippen LogP contribution >= 0.6 is 0 Å². The van der Waals surface area contributed by atoms with Gasteiger partial charge in [-0.25, -0.2) is 8.42 Å². The van der Waals surface area contributed by atoms with Crippen LogP contribution in [0, 0.1) is 6.92 Å². The van der Waals surface area contributed by atoms with Crippen molar-refractivity contribution in [1.82, 2.24) is 14.4 Å². The van der Waals surface area contributed by atoms with Crippen LogP contribution in [0.2, 0.25) is 0 Å². The van der Waals surface area contributed by atoms with Gasteiger partial charge in [-0.1, -0.05) is 5.16 Å². The van der Waals surface area contributed by atoms with Gasteiger partial charge in [0.15, 0.2) is 5.82 Å². The van der Waals surface area contributed by atoms with Crippen LogP contribution in [-0.4, -0.2) is 29.4 Å². The summed E-state index contributed by atoms with van der Waals surface area (Å²) in [5, 5.41) is 3.66. The second kappa shape index (κ2) is 5.85. The monoisotopic (exact) mass is 361 g/mol. The van der Waals surface area contributed by atoms with Crippen LogP contribution in [0.5, 0.6) is 0 Å². The summed E-state index contributed by atoms with van der Waals surface area (Å²) in [5.74, 6) is 0.587. The minimum Gasteiger partial charge on any atom is -0.338 e. The van der Waals surface area contributed by atoms with Crippen molar-refractivity contribution >= 4 is 10.0 Å². The fourth-order valence-corrected chi connectivity index (χ4v) is 4.33. The van der Waals surface area contributed by atoms with Crippen molar-refractivity contribution in [1.29, 1.82) is 0 Å². The molecular weight excluding hydrogens is 347 g/mol. The number of hydrogen-bond donors (Lipinski definition) is 0. The molecule has 1 aliphatic rings. The lowest BCUT2D eigenvalue weighted by Crippen LogP contribution is -2.31. The van der Waals surface area contributed by atoms with Crippen LogP contribution in [0.3, 0.4) is 0 Å². The molecule has 1 aliphatic heterocycles. The fraction of sp³-hybridized carbons (Fsp3) is 0.429. The third-order valence-electron chi connectivity index (χ3n) is 3.82. The highest BCUT2D eigenvalue weighted by Crippen LogP contribution is 2.36. The van der Waals surface area contributed by atoms with Gasteiger partial charge in [0.2, 0.25) is 15.9 Å². The Kier molecular flexibility index (Phi) is 4.12. The van der Waals surface area contributed by atoms with E-state index < -0.39 is 27.8 Å². The number of aryl methyl sites for hydroxylation is 1. The minimum atomic E-state index is -4.51. The van der Waals surface area contributed by atoms with Crippen molar-refractivity contribution in [2.24, 2.45) is 0 Å². The van der Waals surface area contributed by atoms with Gasteiger partial charge in [-0.05, 0) is 44.0 Å². The molecule has 0 aliphatic carbocycles. The third-order valence-corrected chi connectivity index (χ3v) is 5.74. The molecule has 1 aromatic heterocycles. The number of halogens is 3. The third kappa shape index (κ3) is 3.03. The van der Waals surface area contributed by atoms with Gasteiger partial charge in [-0.3, -0.25) is 0 Å². The highest BCUT2D eigenvalue weighted by molar-refractivity contribution is 7.89. The van der Waals surface area contributed by atoms with Crippen LogP contribution in [0.4, 0.5) is 13.2 Å². The van der Waals surface area contributed by atoms with Gasteiger partial charge in [-0.2, -0.15) is 22.5 Å². The second-order valence-corrected chi connectivity index (χ2v) is 7.37. The van der Waals surface area contributed by atoms with Crippen molar-refractivity contribution in [3.05, 3.63) is 41.5 Å². The Balaban J connectivity index is 1.92. The summed E-state index contributed by atoms with van der Waals surface area (Å²) in [4.78, 5) is 3.87. The van der Waals surface area contributed by atoms with E-state index in [0.717, 1.165) is 24.3 Å². The average molecular weight is 361 g/mol. The largest absolute Gasteiger partial charge is 0.416 e. The molecule has 0 saturated carbocycles. The Morgan fingerprint density at radius 1 is 1.25 bits per heavy atom. The van der Waals surface area contributed by atoms with E-state index in [1.165, 1.54) is 4.31 Å². The molecule has 1 unspecified atom stereocenters. The van der Waals surface area contributed by atoms with Crippen molar-refractivity contribution < 1.29 is 26.1 Å². The maximum Gasteiger partial charge on any atom is 0.416 e. The topological polar surface area (TPSA) is 76.3 Å². The van der Waals surface area contributed by atoms with E-state index in [4.69, 9.17) is 4.52 Å². The molecule has 2 aromatic rings. The van der Waals surface area contributed by atoms with Crippen molar-refractivity contribution in [3.63, 3.8) is 0 Å². The summed E-state index contributed by atoms with van der Waals surface area (Å²) in [6.45, 7) is 1.87. The van der Waals surface area contributed by atoms with Gasteiger partial charge in [0, 0.05) is 6.54 Å². The van der Waals surface area contributed by atoms with Crippen LogP contribution < -0.4 is 0 Å². The summed E-state index contributed by atoms with van der Waals surface area (Å²) in [6.07, 6.45) is -3.40. The molecule has 0 amide bonds. The lowest BCUT2D eigenvalue weighted by atomic mass is 10.2. The Labute approximate surface area is 136 Å². The van der Waals surface area contributed by atoms with Crippen LogP contribution in [0.15, 0.2) is 33.7 Å². The fourth-order valence-electron chi connectivity index (χ4n) is 2.67. The highest BCUT2D eigenvalue weighted by Gasteiger charge is 2.39. The first-order valence-corrected chi connectivity index (χ1v) is 8.63. The number of sulfonamides is 1. The smallest absolute Gasteiger partial charge is 0.338 e. The summed E-state index contributed by atoms with van der Waals surface area (Å²) < 4.78 is 69.6. The number of benzene rings is 1. The van der Waals surface area contributed by atoms with Gasteiger partial charge in [0.25, 0.3) is 0 Å². The molecule has 1 atom stereocenters. The van der Waals surface area contributed by atoms with Crippen molar-refractivity contribution in [2.45, 2.75) is 36.9 Å². The predicted molar refractivity (Wildman–Crippen MR) is 76.3 cm³/mol. The lowest BCUT2D eigenvalue weighted by molar-refractivity contribution is -0.137. The summed E-state index contributed by atoms with van der Waals surface area (Å²) in [7, 11) is -3.95. The van der Waals surface area contributed by atoms with E-state index in [2.05, 4.69) is 10.1 Å². The molecule has 10 heteroatoms. The average Bonchev–Trinajstić information content (AvgIpc) is 3.15. The molecule has 1 fully saturated rings. The Hall–Kier alpha value is -1.94. The van der Waals surface area contributed by atoms with E-state index in [1.807, 2.05) is 0 Å². The van der Waals surface area contributed by atoms with Gasteiger partial charge in [0.1, 0.15) is 6.04 Å². The van der Waals surface area contributed by atoms with Gasteiger partial charge >= 0.3 is 6.18 Å². The summed E-state index contributed by atoms with van der Waals surface area (Å²) in [5.41, 5.74) is -0.896. The molecule has 0 radical (unpaired) electrons. The maximum atomic E-state index is 12.7. The standard InChI is InChI=1S/C14H14F3N3O3S/c1-9-18-13(23-19-9)12-3-2-8-20(12)24(21,22)11-6-4-10(5-7-11)14(15,16)17/h4-7,12H,2-3,8H2,1H3. The zero-order valence-corrected chi connectivity index (χ0v) is 13.4. The molecule has 0 spiro atoms. The molecule has 1 aromatic carbocycles. The highest BCUT2D eigenvalue weighted by atomic mass is 32.2. The SMILES string of the molecule is Cc1noc(C2CCCN2S(=O)(=O)c2ccc(C(F)(F)F)cc2)n1. The number of alkyl halides is 3. The number of hydrogen-bond acceptors (Lipinski definition) is 5. The quantitative estimate of drug-likeness (QED) is 0.840. The number of nitrogens with zero attached hydrogens (tertiary/aromatic N) is 3. The van der Waals surface area contributed by atoms with E-state index in [-0.39, 0.29) is 17.3 Å². The summed E-state index contributed by atoms with van der Waals surface area (Å²) >= 11 is 0. The molecular formula is C14H14F3N3O3S. The molecule has 0 N–H and O–H groups in total. The Morgan fingerprint density at radius 3 is 2.46 bits per heavy atom. The first-order chi connectivity index (χ1) is 11.2. The molecule has 2 heterocycles. The van der Waals surface area contributed by atoms with Gasteiger partial charge in [0.05, 0.1) is 10.5 Å². The van der Waals surface area contributed by atoms with Crippen molar-refractivity contribution in [2.75, 3.05) is 6.54 Å². The Morgan fingerprint density at radius 2 is 1.92 bits per heavy atom. The maximum absolute atomic E-state index is 12.7. The first-order valence-electron chi connectivity index (χ1n) is 7.19. The number of aromatic nitrogens is 2. The normalized spacial score (nSPS) is 19.8. The van der Waals surface area contributed by atoms with E-state index >= 15 is 0 Å². The van der Waals surface area contributed by atoms with Gasteiger partial charge in [-0.15, -0.1) is 0 Å². The molecule has 130 valence electrons. The number of rotatable bonds is 3. The lowest BCUT2D eigenvalue weighted by Gasteiger charge is -2.21. The van der Waals surface area contributed by atoms with Crippen LogP contribution in [-0.2, 0) is 16.2 Å². The molecule has 6 nitrogen and oxygen atoms in total. The Bertz CT molecular complexity index is 831. The second-order valence-electron chi connectivity index (χ2n) is 5.48. The van der Waals surface area contributed by atoms with Crippen LogP contribution in [0.25, 0.3) is 0 Å². The van der Waals surface area contributed by atoms with E-state index in [0.29, 0.717) is 18.7 Å². The molecule has 3 rings (SSSR count). The minimum absolute atomic E-state index is 0.195. The van der Waals surface area contributed by atoms with E-state index in [9.17, 15) is 21.6 Å². The van der Waals surface area contributed by atoms with E-state index in [1.54, 1.807) is 6.92 Å². The molecule has 24 heavy (non-hydrogen) atoms. The first kappa shape index (κ1) is 16.9. The molecule has 0 bridgehead atoms. The van der Waals surface area contributed by atoms with Crippen LogP contribution in [0.1, 0.15) is 36.2 Å². The predicted octanol–water partition coefficient (Wildman–Crippen LogP) is 2.92. The molecule has 1 saturated heterocycles. The van der Waals surface area contributed by atoms with Crippen molar-refractivity contribution in [3.8, 4) is 0 Å². The zero-order chi connectivity index (χ0) is 17.5. The van der Waals surface area contributed by atoms with Gasteiger partial charge < -0.3 is 4.52 Å². The zero-order valence-electron chi connectivity index (χ0n) is 12.6. The summed E-state index contributed by atoms with van der Waals surface area (Å²) in [6, 6.07) is 2.85.